The lowest BCUT2D eigenvalue weighted by Crippen LogP contribution is -2.54. The van der Waals surface area contributed by atoms with E-state index >= 15 is 0 Å². The molecule has 3 heteroatoms. The first-order chi connectivity index (χ1) is 4.77. The molecule has 3 nitrogen and oxygen atoms in total. The van der Waals surface area contributed by atoms with Gasteiger partial charge in [-0.05, 0) is 6.92 Å². The van der Waals surface area contributed by atoms with E-state index in [0.29, 0.717) is 0 Å². The van der Waals surface area contributed by atoms with Crippen LogP contribution in [0, 0.1) is 0 Å². The van der Waals surface area contributed by atoms with Crippen LogP contribution in [-0.4, -0.2) is 40.8 Å². The molecule has 56 valence electrons. The third-order valence-corrected chi connectivity index (χ3v) is 2.25. The Morgan fingerprint density at radius 1 is 1.60 bits per heavy atom. The molecular formula is C7H12N2O. The maximum atomic E-state index is 9.36. The number of nitrogens with zero attached hydrogens (tertiary/aromatic N) is 2. The second-order valence-corrected chi connectivity index (χ2v) is 2.93. The lowest BCUT2D eigenvalue weighted by atomic mass is 10.2. The van der Waals surface area contributed by atoms with Gasteiger partial charge in [0.15, 0.2) is 0 Å². The van der Waals surface area contributed by atoms with E-state index in [9.17, 15) is 5.11 Å². The minimum absolute atomic E-state index is 0.266. The highest BCUT2D eigenvalue weighted by atomic mass is 16.3. The summed E-state index contributed by atoms with van der Waals surface area (Å²) >= 11 is 0. The molecular weight excluding hydrogens is 128 g/mol. The van der Waals surface area contributed by atoms with Crippen molar-refractivity contribution in [2.24, 2.45) is 0 Å². The predicted molar refractivity (Wildman–Crippen MR) is 38.0 cm³/mol. The number of aliphatic hydroxyl groups excluding tert-OH is 1. The van der Waals surface area contributed by atoms with Crippen LogP contribution in [0.5, 0.6) is 0 Å². The molecule has 3 aliphatic heterocycles. The van der Waals surface area contributed by atoms with Gasteiger partial charge in [0.1, 0.15) is 6.23 Å². The molecule has 3 aliphatic rings. The van der Waals surface area contributed by atoms with E-state index in [1.54, 1.807) is 0 Å². The third kappa shape index (κ3) is 0.703. The van der Waals surface area contributed by atoms with E-state index in [1.807, 2.05) is 11.1 Å². The summed E-state index contributed by atoms with van der Waals surface area (Å²) in [6, 6.07) is 0. The fourth-order valence-electron chi connectivity index (χ4n) is 1.57. The van der Waals surface area contributed by atoms with Crippen LogP contribution in [0.1, 0.15) is 6.92 Å². The van der Waals surface area contributed by atoms with Crippen LogP contribution >= 0.6 is 0 Å². The second kappa shape index (κ2) is 1.89. The zero-order chi connectivity index (χ0) is 7.14. The van der Waals surface area contributed by atoms with E-state index in [2.05, 4.69) is 11.8 Å². The van der Waals surface area contributed by atoms with E-state index in [-0.39, 0.29) is 6.23 Å². The van der Waals surface area contributed by atoms with Gasteiger partial charge in [-0.1, -0.05) is 0 Å². The highest BCUT2D eigenvalue weighted by Gasteiger charge is 2.27. The van der Waals surface area contributed by atoms with Crippen molar-refractivity contribution in [3.8, 4) is 0 Å². The second-order valence-electron chi connectivity index (χ2n) is 2.93. The van der Waals surface area contributed by atoms with Gasteiger partial charge in [0.05, 0.1) is 6.54 Å². The zero-order valence-corrected chi connectivity index (χ0v) is 6.12. The smallest absolute Gasteiger partial charge is 0.144 e. The number of piperazine rings is 1. The van der Waals surface area contributed by atoms with E-state index in [1.165, 1.54) is 5.70 Å². The summed E-state index contributed by atoms with van der Waals surface area (Å²) in [7, 11) is 0. The molecule has 2 bridgehead atoms. The van der Waals surface area contributed by atoms with Crippen LogP contribution in [0.2, 0.25) is 0 Å². The van der Waals surface area contributed by atoms with Crippen LogP contribution in [0.25, 0.3) is 0 Å². The van der Waals surface area contributed by atoms with Crippen molar-refractivity contribution in [2.75, 3.05) is 19.6 Å². The molecule has 0 aliphatic carbocycles. The summed E-state index contributed by atoms with van der Waals surface area (Å²) in [5, 5.41) is 9.36. The summed E-state index contributed by atoms with van der Waals surface area (Å²) < 4.78 is 0. The van der Waals surface area contributed by atoms with Gasteiger partial charge in [-0.2, -0.15) is 0 Å². The van der Waals surface area contributed by atoms with Crippen molar-refractivity contribution >= 4 is 0 Å². The Labute approximate surface area is 60.5 Å². The Balaban J connectivity index is 2.25. The molecule has 1 saturated heterocycles. The molecule has 1 fully saturated rings. The predicted octanol–water partition coefficient (Wildman–Crippen LogP) is -0.203. The lowest BCUT2D eigenvalue weighted by Gasteiger charge is -2.45. The van der Waals surface area contributed by atoms with Gasteiger partial charge in [0.25, 0.3) is 0 Å². The summed E-state index contributed by atoms with van der Waals surface area (Å²) in [6.07, 6.45) is 1.76. The Kier molecular flexibility index (Phi) is 1.14. The molecule has 3 rings (SSSR count). The van der Waals surface area contributed by atoms with Crippen molar-refractivity contribution < 1.29 is 5.11 Å². The first kappa shape index (κ1) is 6.04. The Bertz CT molecular complexity index is 178. The van der Waals surface area contributed by atoms with Crippen molar-refractivity contribution in [2.45, 2.75) is 13.2 Å². The number of fused-ring (bicyclic) bond motifs is 2. The monoisotopic (exact) mass is 140 g/mol. The van der Waals surface area contributed by atoms with Gasteiger partial charge in [0.2, 0.25) is 0 Å². The van der Waals surface area contributed by atoms with Gasteiger partial charge < -0.3 is 14.9 Å². The van der Waals surface area contributed by atoms with Crippen LogP contribution in [0.3, 0.4) is 0 Å². The Hall–Kier alpha value is -0.700. The minimum Gasteiger partial charge on any atom is -0.372 e. The molecule has 0 aromatic rings. The first-order valence-electron chi connectivity index (χ1n) is 3.64. The summed E-state index contributed by atoms with van der Waals surface area (Å²) in [4.78, 5) is 4.21. The van der Waals surface area contributed by atoms with Gasteiger partial charge in [-0.25, -0.2) is 0 Å². The molecule has 0 aromatic heterocycles. The lowest BCUT2D eigenvalue weighted by molar-refractivity contribution is -0.0368. The average Bonchev–Trinajstić information content (AvgIpc) is 1.91. The van der Waals surface area contributed by atoms with Gasteiger partial charge in [-0.3, -0.25) is 0 Å². The van der Waals surface area contributed by atoms with Crippen molar-refractivity contribution in [3.05, 3.63) is 11.9 Å². The topological polar surface area (TPSA) is 26.7 Å². The average molecular weight is 140 g/mol. The maximum absolute atomic E-state index is 9.36. The zero-order valence-electron chi connectivity index (χ0n) is 6.12. The minimum atomic E-state index is -0.266. The van der Waals surface area contributed by atoms with Crippen LogP contribution in [-0.2, 0) is 0 Å². The quantitative estimate of drug-likeness (QED) is 0.504. The SMILES string of the molecule is CC1=CN2CCN1CC2O. The molecule has 1 N–H and O–H groups in total. The van der Waals surface area contributed by atoms with Gasteiger partial charge in [0, 0.05) is 25.0 Å². The fraction of sp³-hybridized carbons (Fsp3) is 0.714. The van der Waals surface area contributed by atoms with Crippen LogP contribution in [0.4, 0.5) is 0 Å². The van der Waals surface area contributed by atoms with E-state index in [0.717, 1.165) is 19.6 Å². The molecule has 0 radical (unpaired) electrons. The Morgan fingerprint density at radius 2 is 2.40 bits per heavy atom. The molecule has 0 amide bonds. The van der Waals surface area contributed by atoms with Gasteiger partial charge in [-0.15, -0.1) is 0 Å². The number of hydrogen-bond donors (Lipinski definition) is 1. The molecule has 10 heavy (non-hydrogen) atoms. The highest BCUT2D eigenvalue weighted by molar-refractivity contribution is 5.06. The van der Waals surface area contributed by atoms with Crippen molar-refractivity contribution in [3.63, 3.8) is 0 Å². The molecule has 0 spiro atoms. The standard InChI is InChI=1S/C7H12N2O/c1-6-4-9-3-2-8(6)5-7(9)10/h4,7,10H,2-3,5H2,1H3. The molecule has 1 unspecified atom stereocenters. The highest BCUT2D eigenvalue weighted by Crippen LogP contribution is 2.20. The molecule has 1 atom stereocenters. The summed E-state index contributed by atoms with van der Waals surface area (Å²) in [5.74, 6) is 0. The molecule has 3 heterocycles. The van der Waals surface area contributed by atoms with E-state index in [4.69, 9.17) is 0 Å². The van der Waals surface area contributed by atoms with Crippen molar-refractivity contribution in [1.29, 1.82) is 0 Å². The normalized spacial score (nSPS) is 31.0. The summed E-state index contributed by atoms with van der Waals surface area (Å²) in [6.45, 7) is 4.90. The number of hydrogen-bond acceptors (Lipinski definition) is 3. The van der Waals surface area contributed by atoms with Gasteiger partial charge >= 0.3 is 0 Å². The summed E-state index contributed by atoms with van der Waals surface area (Å²) in [5.41, 5.74) is 1.27. The van der Waals surface area contributed by atoms with Crippen molar-refractivity contribution in [1.82, 2.24) is 9.80 Å². The third-order valence-electron chi connectivity index (χ3n) is 2.25. The van der Waals surface area contributed by atoms with Crippen LogP contribution in [0.15, 0.2) is 11.9 Å². The molecule has 0 aromatic carbocycles. The molecule has 0 saturated carbocycles. The first-order valence-corrected chi connectivity index (χ1v) is 3.64. The maximum Gasteiger partial charge on any atom is 0.144 e. The van der Waals surface area contributed by atoms with Crippen LogP contribution < -0.4 is 0 Å². The fourth-order valence-corrected chi connectivity index (χ4v) is 1.57. The Morgan fingerprint density at radius 3 is 2.70 bits per heavy atom. The van der Waals surface area contributed by atoms with E-state index < -0.39 is 0 Å². The number of allylic oxidation sites excluding steroid dienone is 1. The number of aliphatic hydroxyl groups is 1. The number of rotatable bonds is 0. The largest absolute Gasteiger partial charge is 0.372 e.